The first-order valence-corrected chi connectivity index (χ1v) is 5.72. The summed E-state index contributed by atoms with van der Waals surface area (Å²) in [5, 5.41) is 3.08. The van der Waals surface area contributed by atoms with Gasteiger partial charge in [0.25, 0.3) is 0 Å². The SMILES string of the molecule is Cc1nc(Cl)c(N=O)c(N2CCCCC2)n1. The van der Waals surface area contributed by atoms with Gasteiger partial charge in [0.1, 0.15) is 5.82 Å². The first-order valence-electron chi connectivity index (χ1n) is 5.35. The summed E-state index contributed by atoms with van der Waals surface area (Å²) >= 11 is 5.88. The average molecular weight is 241 g/mol. The molecule has 0 unspecified atom stereocenters. The number of nitroso groups, excluding NO2 is 1. The van der Waals surface area contributed by atoms with Crippen LogP contribution in [-0.4, -0.2) is 23.1 Å². The molecule has 1 aliphatic heterocycles. The summed E-state index contributed by atoms with van der Waals surface area (Å²) < 4.78 is 0. The normalized spacial score (nSPS) is 16.2. The highest BCUT2D eigenvalue weighted by Gasteiger charge is 2.20. The first kappa shape index (κ1) is 11.3. The number of anilines is 1. The van der Waals surface area contributed by atoms with Gasteiger partial charge in [-0.1, -0.05) is 11.6 Å². The molecule has 0 N–H and O–H groups in total. The van der Waals surface area contributed by atoms with Crippen LogP contribution in [0.15, 0.2) is 5.18 Å². The molecule has 0 atom stereocenters. The summed E-state index contributed by atoms with van der Waals surface area (Å²) in [6.07, 6.45) is 3.44. The molecule has 0 radical (unpaired) electrons. The lowest BCUT2D eigenvalue weighted by Crippen LogP contribution is -2.30. The van der Waals surface area contributed by atoms with Crippen LogP contribution in [0.2, 0.25) is 5.15 Å². The van der Waals surface area contributed by atoms with Gasteiger partial charge < -0.3 is 4.90 Å². The fraction of sp³-hybridized carbons (Fsp3) is 0.600. The zero-order valence-corrected chi connectivity index (χ0v) is 9.87. The fourth-order valence-electron chi connectivity index (χ4n) is 1.92. The number of aryl methyl sites for hydroxylation is 1. The van der Waals surface area contributed by atoms with E-state index in [0.29, 0.717) is 11.6 Å². The fourth-order valence-corrected chi connectivity index (χ4v) is 2.16. The van der Waals surface area contributed by atoms with Crippen LogP contribution in [0, 0.1) is 11.8 Å². The molecule has 86 valence electrons. The van der Waals surface area contributed by atoms with Gasteiger partial charge in [-0.3, -0.25) is 0 Å². The maximum atomic E-state index is 10.8. The van der Waals surface area contributed by atoms with Crippen molar-refractivity contribution < 1.29 is 0 Å². The minimum atomic E-state index is 0.142. The highest BCUT2D eigenvalue weighted by atomic mass is 35.5. The second kappa shape index (κ2) is 4.74. The van der Waals surface area contributed by atoms with Crippen molar-refractivity contribution in [1.29, 1.82) is 0 Å². The van der Waals surface area contributed by atoms with Gasteiger partial charge in [-0.2, -0.15) is 0 Å². The van der Waals surface area contributed by atoms with Crippen LogP contribution >= 0.6 is 11.6 Å². The Labute approximate surface area is 98.8 Å². The van der Waals surface area contributed by atoms with Crippen molar-refractivity contribution in [1.82, 2.24) is 9.97 Å². The number of aromatic nitrogens is 2. The predicted octanol–water partition coefficient (Wildman–Crippen LogP) is 2.83. The molecule has 0 amide bonds. The van der Waals surface area contributed by atoms with Crippen LogP contribution in [0.4, 0.5) is 11.5 Å². The molecular weight excluding hydrogens is 228 g/mol. The quantitative estimate of drug-likeness (QED) is 0.589. The van der Waals surface area contributed by atoms with E-state index in [4.69, 9.17) is 11.6 Å². The Balaban J connectivity index is 2.40. The minimum Gasteiger partial charge on any atom is -0.355 e. The van der Waals surface area contributed by atoms with Crippen LogP contribution in [0.1, 0.15) is 25.1 Å². The van der Waals surface area contributed by atoms with E-state index in [1.807, 2.05) is 0 Å². The highest BCUT2D eigenvalue weighted by Crippen LogP contribution is 2.33. The Morgan fingerprint density at radius 2 is 1.94 bits per heavy atom. The van der Waals surface area contributed by atoms with Crippen molar-refractivity contribution >= 4 is 23.1 Å². The summed E-state index contributed by atoms with van der Waals surface area (Å²) in [6.45, 7) is 3.55. The smallest absolute Gasteiger partial charge is 0.187 e. The monoisotopic (exact) mass is 240 g/mol. The van der Waals surface area contributed by atoms with Gasteiger partial charge in [0, 0.05) is 13.1 Å². The second-order valence-electron chi connectivity index (χ2n) is 3.87. The average Bonchev–Trinajstić information content (AvgIpc) is 2.29. The molecule has 1 aromatic rings. The Morgan fingerprint density at radius 3 is 2.56 bits per heavy atom. The molecule has 2 heterocycles. The zero-order chi connectivity index (χ0) is 11.5. The van der Waals surface area contributed by atoms with E-state index in [1.54, 1.807) is 6.92 Å². The molecule has 0 saturated carbocycles. The van der Waals surface area contributed by atoms with Gasteiger partial charge in [0.05, 0.1) is 0 Å². The zero-order valence-electron chi connectivity index (χ0n) is 9.11. The molecule has 5 nitrogen and oxygen atoms in total. The maximum Gasteiger partial charge on any atom is 0.187 e. The summed E-state index contributed by atoms with van der Waals surface area (Å²) in [5.74, 6) is 1.14. The van der Waals surface area contributed by atoms with Crippen molar-refractivity contribution in [2.45, 2.75) is 26.2 Å². The number of nitrogens with zero attached hydrogens (tertiary/aromatic N) is 4. The van der Waals surface area contributed by atoms with E-state index in [-0.39, 0.29) is 10.8 Å². The van der Waals surface area contributed by atoms with Crippen molar-refractivity contribution in [2.75, 3.05) is 18.0 Å². The lowest BCUT2D eigenvalue weighted by molar-refractivity contribution is 0.573. The van der Waals surface area contributed by atoms with Crippen LogP contribution in [0.25, 0.3) is 0 Å². The summed E-state index contributed by atoms with van der Waals surface area (Å²) in [5.41, 5.74) is 0.161. The number of halogens is 1. The molecule has 16 heavy (non-hydrogen) atoms. The molecule has 2 rings (SSSR count). The van der Waals surface area contributed by atoms with Crippen molar-refractivity contribution in [3.8, 4) is 0 Å². The standard InChI is InChI=1S/C10H13ClN4O/c1-7-12-9(11)8(14-16)10(13-7)15-5-3-2-4-6-15/h2-6H2,1H3. The number of hydrogen-bond donors (Lipinski definition) is 0. The highest BCUT2D eigenvalue weighted by molar-refractivity contribution is 6.32. The Morgan fingerprint density at radius 1 is 1.25 bits per heavy atom. The van der Waals surface area contributed by atoms with E-state index >= 15 is 0 Å². The van der Waals surface area contributed by atoms with Crippen molar-refractivity contribution in [3.63, 3.8) is 0 Å². The van der Waals surface area contributed by atoms with Gasteiger partial charge in [-0.05, 0) is 31.4 Å². The maximum absolute atomic E-state index is 10.8. The number of piperidine rings is 1. The topological polar surface area (TPSA) is 58.5 Å². The number of hydrogen-bond acceptors (Lipinski definition) is 5. The van der Waals surface area contributed by atoms with Gasteiger partial charge in [-0.25, -0.2) is 9.97 Å². The van der Waals surface area contributed by atoms with Crippen LogP contribution < -0.4 is 4.90 Å². The molecular formula is C10H13ClN4O. The molecule has 6 heteroatoms. The third-order valence-electron chi connectivity index (χ3n) is 2.68. The molecule has 0 aliphatic carbocycles. The van der Waals surface area contributed by atoms with E-state index in [1.165, 1.54) is 6.42 Å². The third kappa shape index (κ3) is 2.14. The van der Waals surface area contributed by atoms with Crippen LogP contribution in [0.3, 0.4) is 0 Å². The molecule has 0 bridgehead atoms. The summed E-state index contributed by atoms with van der Waals surface area (Å²) in [4.78, 5) is 21.0. The Kier molecular flexibility index (Phi) is 3.33. The largest absolute Gasteiger partial charge is 0.355 e. The van der Waals surface area contributed by atoms with E-state index < -0.39 is 0 Å². The lowest BCUT2D eigenvalue weighted by atomic mass is 10.1. The Hall–Kier alpha value is -1.23. The van der Waals surface area contributed by atoms with Crippen LogP contribution in [0.5, 0.6) is 0 Å². The Bertz CT molecular complexity index is 404. The van der Waals surface area contributed by atoms with Gasteiger partial charge in [-0.15, -0.1) is 4.91 Å². The second-order valence-corrected chi connectivity index (χ2v) is 4.23. The third-order valence-corrected chi connectivity index (χ3v) is 2.95. The minimum absolute atomic E-state index is 0.142. The van der Waals surface area contributed by atoms with Crippen molar-refractivity contribution in [3.05, 3.63) is 15.9 Å². The van der Waals surface area contributed by atoms with E-state index in [2.05, 4.69) is 20.0 Å². The van der Waals surface area contributed by atoms with E-state index in [9.17, 15) is 4.91 Å². The molecule has 1 saturated heterocycles. The first-order chi connectivity index (χ1) is 7.72. The van der Waals surface area contributed by atoms with Gasteiger partial charge in [0.2, 0.25) is 0 Å². The molecule has 1 aromatic heterocycles. The van der Waals surface area contributed by atoms with E-state index in [0.717, 1.165) is 25.9 Å². The number of rotatable bonds is 2. The molecule has 1 fully saturated rings. The van der Waals surface area contributed by atoms with Crippen LogP contribution in [-0.2, 0) is 0 Å². The van der Waals surface area contributed by atoms with Crippen molar-refractivity contribution in [2.24, 2.45) is 5.18 Å². The lowest BCUT2D eigenvalue weighted by Gasteiger charge is -2.28. The predicted molar refractivity (Wildman–Crippen MR) is 63.3 cm³/mol. The van der Waals surface area contributed by atoms with Gasteiger partial charge in [0.15, 0.2) is 16.7 Å². The molecule has 0 aromatic carbocycles. The summed E-state index contributed by atoms with van der Waals surface area (Å²) in [7, 11) is 0. The van der Waals surface area contributed by atoms with Gasteiger partial charge >= 0.3 is 0 Å². The molecule has 0 spiro atoms. The molecule has 1 aliphatic rings. The summed E-state index contributed by atoms with van der Waals surface area (Å²) in [6, 6.07) is 0.